The normalized spacial score (nSPS) is 14.7. The second kappa shape index (κ2) is 11.5. The summed E-state index contributed by atoms with van der Waals surface area (Å²) >= 11 is 6.31. The number of nitrogens with zero attached hydrogens (tertiary/aromatic N) is 1. The minimum absolute atomic E-state index is 0.245. The number of thiazole rings is 1. The third-order valence-electron chi connectivity index (χ3n) is 6.73. The van der Waals surface area contributed by atoms with Gasteiger partial charge in [0.25, 0.3) is 0 Å². The number of hydrogen-bond acceptors (Lipinski definition) is 3. The summed E-state index contributed by atoms with van der Waals surface area (Å²) in [5.41, 5.74) is 1.31. The molecule has 0 atom stereocenters. The molecule has 0 radical (unpaired) electrons. The van der Waals surface area contributed by atoms with E-state index in [4.69, 9.17) is 9.41 Å². The first kappa shape index (κ1) is 27.8. The number of rotatable bonds is 14. The fourth-order valence-corrected chi connectivity index (χ4v) is 13.9. The molecule has 172 valence electrons. The molecule has 0 bridgehead atoms. The Morgan fingerprint density at radius 3 is 1.90 bits per heavy atom. The van der Waals surface area contributed by atoms with Crippen molar-refractivity contribution in [1.29, 1.82) is 0 Å². The summed E-state index contributed by atoms with van der Waals surface area (Å²) in [5, 5.41) is 1.77. The maximum absolute atomic E-state index is 6.43. The van der Waals surface area contributed by atoms with E-state index in [9.17, 15) is 0 Å². The van der Waals surface area contributed by atoms with E-state index >= 15 is 0 Å². The van der Waals surface area contributed by atoms with Crippen LogP contribution in [-0.2, 0) is 17.2 Å². The molecule has 29 heavy (non-hydrogen) atoms. The van der Waals surface area contributed by atoms with Gasteiger partial charge in [0.05, 0.1) is 0 Å². The average Bonchev–Trinajstić information content (AvgIpc) is 3.08. The molecule has 6 heteroatoms. The van der Waals surface area contributed by atoms with Crippen molar-refractivity contribution < 1.29 is 4.43 Å². The van der Waals surface area contributed by atoms with Gasteiger partial charge in [-0.2, -0.15) is 0 Å². The first-order valence-corrected chi connectivity index (χ1v) is 20.5. The standard InChI is InChI=1S/C23H47BrNOPSSi/c1-9-12-15-27(24,16-13-10-2,17-14-11-3)19-21-20-28-22(25-21)18-26-29(7,8)23(4,5)6/h20H,9-19H2,1-8H3. The maximum atomic E-state index is 6.43. The van der Waals surface area contributed by atoms with Crippen molar-refractivity contribution >= 4 is 40.4 Å². The number of hydrogen-bond donors (Lipinski definition) is 0. The molecule has 0 aliphatic heterocycles. The van der Waals surface area contributed by atoms with Crippen molar-refractivity contribution in [2.24, 2.45) is 0 Å². The van der Waals surface area contributed by atoms with Crippen LogP contribution in [0.2, 0.25) is 18.1 Å². The van der Waals surface area contributed by atoms with Gasteiger partial charge >= 0.3 is 195 Å². The van der Waals surface area contributed by atoms with Crippen molar-refractivity contribution in [3.05, 3.63) is 16.1 Å². The zero-order valence-electron chi connectivity index (χ0n) is 20.4. The van der Waals surface area contributed by atoms with Crippen LogP contribution in [-0.4, -0.2) is 31.8 Å². The Morgan fingerprint density at radius 2 is 1.48 bits per heavy atom. The van der Waals surface area contributed by atoms with E-state index in [0.717, 1.165) is 5.01 Å². The van der Waals surface area contributed by atoms with Crippen LogP contribution in [0.3, 0.4) is 0 Å². The summed E-state index contributed by atoms with van der Waals surface area (Å²) in [6.07, 6.45) is 13.1. The van der Waals surface area contributed by atoms with Crippen molar-refractivity contribution in [2.75, 3.05) is 18.5 Å². The van der Waals surface area contributed by atoms with Crippen molar-refractivity contribution in [3.8, 4) is 0 Å². The van der Waals surface area contributed by atoms with E-state index in [1.807, 2.05) is 0 Å². The Morgan fingerprint density at radius 1 is 1.00 bits per heavy atom. The summed E-state index contributed by atoms with van der Waals surface area (Å²) in [6.45, 7) is 19.2. The van der Waals surface area contributed by atoms with Crippen LogP contribution in [0.1, 0.15) is 90.8 Å². The van der Waals surface area contributed by atoms with E-state index in [2.05, 4.69) is 75.5 Å². The third-order valence-corrected chi connectivity index (χ3v) is 21.4. The zero-order valence-corrected chi connectivity index (χ0v) is 24.7. The van der Waals surface area contributed by atoms with Gasteiger partial charge in [-0.15, -0.1) is 0 Å². The summed E-state index contributed by atoms with van der Waals surface area (Å²) in [4.78, 5) is 5.07. The molecule has 0 saturated carbocycles. The summed E-state index contributed by atoms with van der Waals surface area (Å²) in [5.74, 6) is 0. The van der Waals surface area contributed by atoms with Crippen LogP contribution in [0, 0.1) is 0 Å². The van der Waals surface area contributed by atoms with E-state index in [1.165, 1.54) is 68.9 Å². The molecule has 0 N–H and O–H groups in total. The van der Waals surface area contributed by atoms with Gasteiger partial charge in [0.1, 0.15) is 0 Å². The molecule has 0 spiro atoms. The van der Waals surface area contributed by atoms with Crippen molar-refractivity contribution in [1.82, 2.24) is 4.98 Å². The van der Waals surface area contributed by atoms with Gasteiger partial charge in [0.2, 0.25) is 0 Å². The van der Waals surface area contributed by atoms with Gasteiger partial charge in [-0.1, -0.05) is 0 Å². The fourth-order valence-electron chi connectivity index (χ4n) is 3.58. The Hall–Kier alpha value is 0.717. The Balaban J connectivity index is 2.99. The van der Waals surface area contributed by atoms with Gasteiger partial charge < -0.3 is 0 Å². The van der Waals surface area contributed by atoms with E-state index < -0.39 is 13.6 Å². The Bertz CT molecular complexity index is 590. The topological polar surface area (TPSA) is 22.1 Å². The van der Waals surface area contributed by atoms with Crippen LogP contribution < -0.4 is 0 Å². The van der Waals surface area contributed by atoms with Gasteiger partial charge in [-0.3, -0.25) is 0 Å². The molecule has 1 rings (SSSR count). The van der Waals surface area contributed by atoms with Crippen LogP contribution in [0.4, 0.5) is 0 Å². The second-order valence-corrected chi connectivity index (χ2v) is 27.6. The van der Waals surface area contributed by atoms with E-state index in [1.54, 1.807) is 11.3 Å². The molecule has 0 fully saturated rings. The SMILES string of the molecule is CCCCP(Br)(CCCC)(CCCC)Cc1csc(CO[Si](C)(C)C(C)(C)C)n1. The molecular formula is C23H47BrNOPSSi. The second-order valence-electron chi connectivity index (χ2n) is 10.5. The van der Waals surface area contributed by atoms with Gasteiger partial charge in [0, 0.05) is 0 Å². The average molecular weight is 525 g/mol. The Kier molecular flexibility index (Phi) is 11.0. The molecule has 2 nitrogen and oxygen atoms in total. The molecular weight excluding hydrogens is 477 g/mol. The summed E-state index contributed by atoms with van der Waals surface area (Å²) in [7, 11) is -1.73. The predicted molar refractivity (Wildman–Crippen MR) is 143 cm³/mol. The molecule has 0 amide bonds. The van der Waals surface area contributed by atoms with Gasteiger partial charge in [-0.25, -0.2) is 0 Å². The number of unbranched alkanes of at least 4 members (excludes halogenated alkanes) is 3. The van der Waals surface area contributed by atoms with Crippen LogP contribution in [0.5, 0.6) is 0 Å². The predicted octanol–water partition coefficient (Wildman–Crippen LogP) is 9.43. The molecule has 0 aliphatic carbocycles. The number of halogens is 1. The van der Waals surface area contributed by atoms with E-state index in [-0.39, 0.29) is 5.04 Å². The first-order valence-electron chi connectivity index (χ1n) is 11.7. The third kappa shape index (κ3) is 8.64. The van der Waals surface area contributed by atoms with Crippen LogP contribution in [0.25, 0.3) is 0 Å². The van der Waals surface area contributed by atoms with Crippen LogP contribution in [0.15, 0.2) is 5.38 Å². The quantitative estimate of drug-likeness (QED) is 0.179. The molecule has 0 saturated heterocycles. The fraction of sp³-hybridized carbons (Fsp3) is 0.870. The monoisotopic (exact) mass is 523 g/mol. The zero-order chi connectivity index (χ0) is 22.2. The molecule has 1 aromatic rings. The number of aromatic nitrogens is 1. The summed E-state index contributed by atoms with van der Waals surface area (Å²) < 4.78 is 6.43. The minimum atomic E-state index is -1.94. The van der Waals surface area contributed by atoms with Crippen molar-refractivity contribution in [2.45, 2.75) is 111 Å². The van der Waals surface area contributed by atoms with Crippen LogP contribution >= 0.6 is 32.1 Å². The summed E-state index contributed by atoms with van der Waals surface area (Å²) in [6, 6.07) is 0. The molecule has 0 aromatic carbocycles. The van der Waals surface area contributed by atoms with E-state index in [0.29, 0.717) is 6.61 Å². The van der Waals surface area contributed by atoms with Crippen molar-refractivity contribution in [3.63, 3.8) is 0 Å². The van der Waals surface area contributed by atoms with Gasteiger partial charge in [-0.05, 0) is 0 Å². The molecule has 0 aliphatic rings. The Labute approximate surface area is 194 Å². The molecule has 1 heterocycles. The van der Waals surface area contributed by atoms with Gasteiger partial charge in [0.15, 0.2) is 0 Å². The molecule has 1 aromatic heterocycles. The first-order chi connectivity index (χ1) is 13.4. The molecule has 0 unspecified atom stereocenters.